The summed E-state index contributed by atoms with van der Waals surface area (Å²) in [6.45, 7) is 0.260. The monoisotopic (exact) mass is 342 g/mol. The number of ether oxygens (including phenoxy) is 1. The molecule has 0 radical (unpaired) electrons. The van der Waals surface area contributed by atoms with Crippen molar-refractivity contribution in [1.82, 2.24) is 20.8 Å². The van der Waals surface area contributed by atoms with Crippen molar-refractivity contribution in [2.24, 2.45) is 0 Å². The van der Waals surface area contributed by atoms with Crippen molar-refractivity contribution >= 4 is 6.03 Å². The number of hydrogen-bond donors (Lipinski definition) is 2. The van der Waals surface area contributed by atoms with E-state index in [4.69, 9.17) is 9.26 Å². The fraction of sp³-hybridized carbons (Fsp3) is 0.500. The molecular weight excluding hydrogens is 320 g/mol. The molecule has 2 aliphatic carbocycles. The van der Waals surface area contributed by atoms with Crippen LogP contribution in [-0.4, -0.2) is 23.3 Å². The molecule has 2 amide bonds. The maximum Gasteiger partial charge on any atom is 0.315 e. The summed E-state index contributed by atoms with van der Waals surface area (Å²) in [7, 11) is 1.65. The van der Waals surface area contributed by atoms with E-state index in [1.54, 1.807) is 7.11 Å². The molecule has 0 atom stereocenters. The summed E-state index contributed by atoms with van der Waals surface area (Å²) in [6.07, 6.45) is 5.15. The number of nitrogens with zero attached hydrogens (tertiary/aromatic N) is 2. The molecule has 1 heterocycles. The molecule has 4 rings (SSSR count). The first-order chi connectivity index (χ1) is 12.2. The van der Waals surface area contributed by atoms with Crippen molar-refractivity contribution < 1.29 is 14.1 Å². The Labute approximate surface area is 146 Å². The Morgan fingerprint density at radius 2 is 2.24 bits per heavy atom. The number of rotatable bonds is 6. The van der Waals surface area contributed by atoms with Crippen LogP contribution in [0.4, 0.5) is 4.79 Å². The number of amides is 2. The number of aromatic nitrogens is 2. The Morgan fingerprint density at radius 1 is 1.40 bits per heavy atom. The van der Waals surface area contributed by atoms with Gasteiger partial charge in [0.05, 0.1) is 19.2 Å². The largest absolute Gasteiger partial charge is 0.497 e. The fourth-order valence-electron chi connectivity index (χ4n) is 3.19. The van der Waals surface area contributed by atoms with Gasteiger partial charge >= 0.3 is 6.03 Å². The summed E-state index contributed by atoms with van der Waals surface area (Å²) in [5.41, 5.74) is 0.749. The summed E-state index contributed by atoms with van der Waals surface area (Å²) in [5.74, 6) is 2.41. The predicted octanol–water partition coefficient (Wildman–Crippen LogP) is 2.83. The van der Waals surface area contributed by atoms with Gasteiger partial charge in [0.25, 0.3) is 0 Å². The minimum Gasteiger partial charge on any atom is -0.497 e. The Kier molecular flexibility index (Phi) is 4.07. The quantitative estimate of drug-likeness (QED) is 0.842. The second kappa shape index (κ2) is 6.38. The highest BCUT2D eigenvalue weighted by Gasteiger charge is 2.40. The van der Waals surface area contributed by atoms with Crippen LogP contribution in [0, 0.1) is 0 Å². The average molecular weight is 342 g/mol. The maximum absolute atomic E-state index is 12.4. The highest BCUT2D eigenvalue weighted by Crippen LogP contribution is 2.42. The van der Waals surface area contributed by atoms with Gasteiger partial charge in [-0.3, -0.25) is 0 Å². The molecule has 132 valence electrons. The first-order valence-corrected chi connectivity index (χ1v) is 8.71. The number of hydrogen-bond acceptors (Lipinski definition) is 5. The maximum atomic E-state index is 12.4. The number of nitrogens with one attached hydrogen (secondary N) is 2. The van der Waals surface area contributed by atoms with Crippen LogP contribution in [0.2, 0.25) is 0 Å². The van der Waals surface area contributed by atoms with E-state index < -0.39 is 0 Å². The number of urea groups is 1. The zero-order valence-corrected chi connectivity index (χ0v) is 14.2. The SMILES string of the molecule is COc1cccc(C2(NC(=O)NCc3noc(C4CC4)n3)CCC2)c1. The Balaban J connectivity index is 1.37. The Bertz CT molecular complexity index is 765. The van der Waals surface area contributed by atoms with Gasteiger partial charge in [0.1, 0.15) is 5.75 Å². The lowest BCUT2D eigenvalue weighted by atomic mass is 9.72. The fourth-order valence-corrected chi connectivity index (χ4v) is 3.19. The van der Waals surface area contributed by atoms with Crippen LogP contribution < -0.4 is 15.4 Å². The van der Waals surface area contributed by atoms with E-state index in [0.717, 1.165) is 43.4 Å². The average Bonchev–Trinajstić information content (AvgIpc) is 3.35. The predicted molar refractivity (Wildman–Crippen MR) is 90.2 cm³/mol. The highest BCUT2D eigenvalue weighted by molar-refractivity contribution is 5.75. The third-order valence-electron chi connectivity index (χ3n) is 5.00. The van der Waals surface area contributed by atoms with Crippen LogP contribution in [0.1, 0.15) is 55.3 Å². The van der Waals surface area contributed by atoms with Crippen LogP contribution >= 0.6 is 0 Å². The molecule has 7 nitrogen and oxygen atoms in total. The van der Waals surface area contributed by atoms with Crippen molar-refractivity contribution in [2.45, 2.75) is 50.1 Å². The Hall–Kier alpha value is -2.57. The van der Waals surface area contributed by atoms with Crippen molar-refractivity contribution in [2.75, 3.05) is 7.11 Å². The van der Waals surface area contributed by atoms with Crippen LogP contribution in [-0.2, 0) is 12.1 Å². The van der Waals surface area contributed by atoms with E-state index in [-0.39, 0.29) is 18.1 Å². The third kappa shape index (κ3) is 3.31. The normalized spacial score (nSPS) is 18.3. The molecule has 1 aromatic carbocycles. The van der Waals surface area contributed by atoms with E-state index in [1.165, 1.54) is 0 Å². The molecule has 2 aliphatic rings. The van der Waals surface area contributed by atoms with Gasteiger partial charge in [-0.05, 0) is 49.8 Å². The molecule has 0 saturated heterocycles. The van der Waals surface area contributed by atoms with Crippen molar-refractivity contribution in [3.8, 4) is 5.75 Å². The first kappa shape index (κ1) is 15.9. The van der Waals surface area contributed by atoms with Gasteiger partial charge in [0.15, 0.2) is 5.82 Å². The van der Waals surface area contributed by atoms with Crippen LogP contribution in [0.3, 0.4) is 0 Å². The van der Waals surface area contributed by atoms with Crippen LogP contribution in [0.15, 0.2) is 28.8 Å². The minimum atomic E-state index is -0.324. The van der Waals surface area contributed by atoms with Gasteiger partial charge in [0, 0.05) is 5.92 Å². The molecule has 2 saturated carbocycles. The van der Waals surface area contributed by atoms with Crippen molar-refractivity contribution in [3.63, 3.8) is 0 Å². The molecule has 2 aromatic rings. The minimum absolute atomic E-state index is 0.222. The number of benzene rings is 1. The molecule has 7 heteroatoms. The van der Waals surface area contributed by atoms with Crippen LogP contribution in [0.25, 0.3) is 0 Å². The van der Waals surface area contributed by atoms with E-state index in [1.807, 2.05) is 24.3 Å². The van der Waals surface area contributed by atoms with Gasteiger partial charge in [-0.15, -0.1) is 0 Å². The molecular formula is C18H22N4O3. The van der Waals surface area contributed by atoms with Gasteiger partial charge in [0.2, 0.25) is 5.89 Å². The zero-order chi connectivity index (χ0) is 17.3. The van der Waals surface area contributed by atoms with E-state index >= 15 is 0 Å². The number of methoxy groups -OCH3 is 1. The van der Waals surface area contributed by atoms with E-state index in [9.17, 15) is 4.79 Å². The smallest absolute Gasteiger partial charge is 0.315 e. The van der Waals surface area contributed by atoms with Crippen molar-refractivity contribution in [1.29, 1.82) is 0 Å². The van der Waals surface area contributed by atoms with Gasteiger partial charge in [-0.25, -0.2) is 4.79 Å². The summed E-state index contributed by atoms with van der Waals surface area (Å²) >= 11 is 0. The molecule has 0 spiro atoms. The lowest BCUT2D eigenvalue weighted by Gasteiger charge is -2.43. The van der Waals surface area contributed by atoms with E-state index in [2.05, 4.69) is 20.8 Å². The standard InChI is InChI=1S/C18H22N4O3/c1-24-14-5-2-4-13(10-14)18(8-3-9-18)21-17(23)19-11-15-20-16(25-22-15)12-6-7-12/h2,4-5,10,12H,3,6-9,11H2,1H3,(H2,19,21,23). The third-order valence-corrected chi connectivity index (χ3v) is 5.00. The topological polar surface area (TPSA) is 89.3 Å². The van der Waals surface area contributed by atoms with E-state index in [0.29, 0.717) is 17.6 Å². The summed E-state index contributed by atoms with van der Waals surface area (Å²) in [5, 5.41) is 9.86. The van der Waals surface area contributed by atoms with Gasteiger partial charge in [-0.1, -0.05) is 17.3 Å². The molecule has 2 N–H and O–H groups in total. The molecule has 0 bridgehead atoms. The summed E-state index contributed by atoms with van der Waals surface area (Å²) < 4.78 is 10.5. The number of carbonyl (C=O) groups excluding carboxylic acids is 1. The van der Waals surface area contributed by atoms with Crippen molar-refractivity contribution in [3.05, 3.63) is 41.5 Å². The lowest BCUT2D eigenvalue weighted by Crippen LogP contribution is -2.53. The molecule has 1 aromatic heterocycles. The summed E-state index contributed by atoms with van der Waals surface area (Å²) in [6, 6.07) is 7.65. The first-order valence-electron chi connectivity index (χ1n) is 8.71. The van der Waals surface area contributed by atoms with Gasteiger partial charge < -0.3 is 19.9 Å². The molecule has 2 fully saturated rings. The second-order valence-electron chi connectivity index (χ2n) is 6.80. The molecule has 25 heavy (non-hydrogen) atoms. The zero-order valence-electron chi connectivity index (χ0n) is 14.2. The second-order valence-corrected chi connectivity index (χ2v) is 6.80. The number of carbonyl (C=O) groups is 1. The molecule has 0 unspecified atom stereocenters. The highest BCUT2D eigenvalue weighted by atomic mass is 16.5. The van der Waals surface area contributed by atoms with Crippen LogP contribution in [0.5, 0.6) is 5.75 Å². The Morgan fingerprint density at radius 3 is 2.92 bits per heavy atom. The molecule has 0 aliphatic heterocycles. The van der Waals surface area contributed by atoms with Gasteiger partial charge in [-0.2, -0.15) is 4.98 Å². The summed E-state index contributed by atoms with van der Waals surface area (Å²) in [4.78, 5) is 16.7. The lowest BCUT2D eigenvalue weighted by molar-refractivity contribution is 0.176.